The smallest absolute Gasteiger partial charge is 0.308 e. The molecule has 0 radical (unpaired) electrons. The number of amides is 1. The highest BCUT2D eigenvalue weighted by atomic mass is 16.5. The molecule has 1 amide bonds. The van der Waals surface area contributed by atoms with E-state index in [1.165, 1.54) is 4.90 Å². The number of carboxylic acid groups (broad SMARTS) is 1. The van der Waals surface area contributed by atoms with Gasteiger partial charge in [-0.15, -0.1) is 6.58 Å². The molecule has 1 N–H and O–H groups in total. The zero-order valence-electron chi connectivity index (χ0n) is 10.7. The number of carbonyl (C=O) groups is 2. The van der Waals surface area contributed by atoms with E-state index < -0.39 is 18.0 Å². The van der Waals surface area contributed by atoms with E-state index in [4.69, 9.17) is 9.84 Å². The van der Waals surface area contributed by atoms with Gasteiger partial charge in [0.05, 0.1) is 12.5 Å². The first-order valence-corrected chi connectivity index (χ1v) is 5.60. The van der Waals surface area contributed by atoms with E-state index in [1.807, 2.05) is 0 Å². The maximum atomic E-state index is 11.8. The molecular weight excluding hydrogens is 222 g/mol. The van der Waals surface area contributed by atoms with Crippen LogP contribution < -0.4 is 0 Å². The van der Waals surface area contributed by atoms with Gasteiger partial charge in [0.2, 0.25) is 0 Å². The van der Waals surface area contributed by atoms with Crippen molar-refractivity contribution in [2.24, 2.45) is 5.92 Å². The van der Waals surface area contributed by atoms with Gasteiger partial charge in [-0.05, 0) is 13.3 Å². The molecule has 0 fully saturated rings. The topological polar surface area (TPSA) is 66.8 Å². The third-order valence-corrected chi connectivity index (χ3v) is 2.38. The molecule has 2 atom stereocenters. The summed E-state index contributed by atoms with van der Waals surface area (Å²) >= 11 is 0. The summed E-state index contributed by atoms with van der Waals surface area (Å²) < 4.78 is 5.30. The minimum atomic E-state index is -0.912. The van der Waals surface area contributed by atoms with Gasteiger partial charge >= 0.3 is 5.97 Å². The van der Waals surface area contributed by atoms with Gasteiger partial charge in [0.25, 0.3) is 5.91 Å². The molecule has 0 saturated carbocycles. The van der Waals surface area contributed by atoms with E-state index in [1.54, 1.807) is 27.0 Å². The van der Waals surface area contributed by atoms with E-state index in [2.05, 4.69) is 6.58 Å². The molecule has 98 valence electrons. The number of rotatable bonds is 8. The summed E-state index contributed by atoms with van der Waals surface area (Å²) in [5, 5.41) is 8.74. The highest BCUT2D eigenvalue weighted by molar-refractivity contribution is 5.81. The lowest BCUT2D eigenvalue weighted by atomic mass is 10.1. The summed E-state index contributed by atoms with van der Waals surface area (Å²) in [6.45, 7) is 7.41. The van der Waals surface area contributed by atoms with Crippen LogP contribution in [0.25, 0.3) is 0 Å². The molecule has 0 spiro atoms. The van der Waals surface area contributed by atoms with Gasteiger partial charge in [0, 0.05) is 13.6 Å². The lowest BCUT2D eigenvalue weighted by Gasteiger charge is -2.23. The van der Waals surface area contributed by atoms with Crippen LogP contribution in [0.3, 0.4) is 0 Å². The van der Waals surface area contributed by atoms with Crippen LogP contribution >= 0.6 is 0 Å². The summed E-state index contributed by atoms with van der Waals surface area (Å²) in [6, 6.07) is 0. The Morgan fingerprint density at radius 2 is 2.06 bits per heavy atom. The summed E-state index contributed by atoms with van der Waals surface area (Å²) in [5.74, 6) is -1.70. The van der Waals surface area contributed by atoms with Crippen LogP contribution in [0, 0.1) is 5.92 Å². The summed E-state index contributed by atoms with van der Waals surface area (Å²) in [7, 11) is 1.58. The number of likely N-dealkylation sites (N-methyl/N-ethyl adjacent to an activating group) is 1. The normalized spacial score (nSPS) is 13.8. The molecule has 0 aromatic heterocycles. The van der Waals surface area contributed by atoms with Crippen molar-refractivity contribution in [3.63, 3.8) is 0 Å². The standard InChI is InChI=1S/C12H21NO4/c1-5-6-7-17-10(3)11(14)13(4)8-9(2)12(15)16/h5,9-10H,1,6-8H2,2-4H3,(H,15,16). The van der Waals surface area contributed by atoms with Crippen molar-refractivity contribution in [3.8, 4) is 0 Å². The molecule has 0 aromatic rings. The van der Waals surface area contributed by atoms with Gasteiger partial charge in [-0.2, -0.15) is 0 Å². The Bertz CT molecular complexity index is 278. The second-order valence-electron chi connectivity index (χ2n) is 4.05. The number of nitrogens with zero attached hydrogens (tertiary/aromatic N) is 1. The molecule has 5 nitrogen and oxygen atoms in total. The summed E-state index contributed by atoms with van der Waals surface area (Å²) in [5.41, 5.74) is 0. The second-order valence-corrected chi connectivity index (χ2v) is 4.05. The van der Waals surface area contributed by atoms with Crippen LogP contribution in [-0.2, 0) is 14.3 Å². The average molecular weight is 243 g/mol. The first kappa shape index (κ1) is 15.6. The third kappa shape index (κ3) is 6.06. The fraction of sp³-hybridized carbons (Fsp3) is 0.667. The second kappa shape index (κ2) is 7.84. The van der Waals surface area contributed by atoms with E-state index in [9.17, 15) is 9.59 Å². The number of aliphatic carboxylic acids is 1. The van der Waals surface area contributed by atoms with Crippen molar-refractivity contribution in [1.29, 1.82) is 0 Å². The Morgan fingerprint density at radius 3 is 2.53 bits per heavy atom. The highest BCUT2D eigenvalue weighted by Gasteiger charge is 2.21. The molecule has 0 heterocycles. The number of ether oxygens (including phenoxy) is 1. The molecule has 0 bridgehead atoms. The van der Waals surface area contributed by atoms with Crippen LogP contribution in [0.1, 0.15) is 20.3 Å². The zero-order valence-corrected chi connectivity index (χ0v) is 10.7. The molecule has 0 aliphatic heterocycles. The summed E-state index contributed by atoms with van der Waals surface area (Å²) in [6.07, 6.45) is 1.85. The van der Waals surface area contributed by atoms with E-state index in [0.29, 0.717) is 13.0 Å². The minimum Gasteiger partial charge on any atom is -0.481 e. The predicted molar refractivity (Wildman–Crippen MR) is 64.7 cm³/mol. The molecule has 5 heteroatoms. The van der Waals surface area contributed by atoms with Crippen molar-refractivity contribution in [2.75, 3.05) is 20.2 Å². The largest absolute Gasteiger partial charge is 0.481 e. The first-order valence-electron chi connectivity index (χ1n) is 5.60. The Kier molecular flexibility index (Phi) is 7.21. The van der Waals surface area contributed by atoms with Crippen molar-refractivity contribution in [3.05, 3.63) is 12.7 Å². The third-order valence-electron chi connectivity index (χ3n) is 2.38. The Morgan fingerprint density at radius 1 is 1.47 bits per heavy atom. The molecular formula is C12H21NO4. The summed E-state index contributed by atoms with van der Waals surface area (Å²) in [4.78, 5) is 23.8. The van der Waals surface area contributed by atoms with E-state index in [0.717, 1.165) is 0 Å². The number of hydrogen-bond donors (Lipinski definition) is 1. The first-order chi connectivity index (χ1) is 7.90. The number of carboxylic acids is 1. The highest BCUT2D eigenvalue weighted by Crippen LogP contribution is 2.03. The van der Waals surface area contributed by atoms with E-state index >= 15 is 0 Å². The molecule has 0 aliphatic rings. The maximum absolute atomic E-state index is 11.8. The van der Waals surface area contributed by atoms with Crippen LogP contribution in [0.5, 0.6) is 0 Å². The Hall–Kier alpha value is -1.36. The number of hydrogen-bond acceptors (Lipinski definition) is 3. The Balaban J connectivity index is 4.10. The molecule has 17 heavy (non-hydrogen) atoms. The van der Waals surface area contributed by atoms with Crippen LogP contribution in [0.15, 0.2) is 12.7 Å². The minimum absolute atomic E-state index is 0.184. The van der Waals surface area contributed by atoms with Crippen LogP contribution in [0.2, 0.25) is 0 Å². The zero-order chi connectivity index (χ0) is 13.4. The quantitative estimate of drug-likeness (QED) is 0.513. The van der Waals surface area contributed by atoms with Crippen LogP contribution in [-0.4, -0.2) is 48.2 Å². The van der Waals surface area contributed by atoms with Gasteiger partial charge in [-0.1, -0.05) is 13.0 Å². The van der Waals surface area contributed by atoms with Crippen molar-refractivity contribution >= 4 is 11.9 Å². The van der Waals surface area contributed by atoms with Crippen LogP contribution in [0.4, 0.5) is 0 Å². The molecule has 2 unspecified atom stereocenters. The Labute approximate surface area is 102 Å². The van der Waals surface area contributed by atoms with E-state index in [-0.39, 0.29) is 12.5 Å². The fourth-order valence-corrected chi connectivity index (χ4v) is 1.29. The monoisotopic (exact) mass is 243 g/mol. The van der Waals surface area contributed by atoms with Gasteiger partial charge in [-0.3, -0.25) is 9.59 Å². The molecule has 0 aromatic carbocycles. The van der Waals surface area contributed by atoms with Gasteiger partial charge in [-0.25, -0.2) is 0 Å². The lowest BCUT2D eigenvalue weighted by Crippen LogP contribution is -2.40. The molecule has 0 rings (SSSR count). The maximum Gasteiger partial charge on any atom is 0.308 e. The molecule has 0 saturated heterocycles. The van der Waals surface area contributed by atoms with Gasteiger partial charge < -0.3 is 14.7 Å². The van der Waals surface area contributed by atoms with Crippen molar-refractivity contribution in [1.82, 2.24) is 4.90 Å². The average Bonchev–Trinajstić information content (AvgIpc) is 2.27. The number of carbonyl (C=O) groups excluding carboxylic acids is 1. The SMILES string of the molecule is C=CCCOC(C)C(=O)N(C)CC(C)C(=O)O. The predicted octanol–water partition coefficient (Wildman–Crippen LogP) is 1.15. The van der Waals surface area contributed by atoms with Crippen molar-refractivity contribution < 1.29 is 19.4 Å². The fourth-order valence-electron chi connectivity index (χ4n) is 1.29. The molecule has 0 aliphatic carbocycles. The van der Waals surface area contributed by atoms with Crippen molar-refractivity contribution in [2.45, 2.75) is 26.4 Å². The van der Waals surface area contributed by atoms with Gasteiger partial charge in [0.1, 0.15) is 6.10 Å². The lowest BCUT2D eigenvalue weighted by molar-refractivity contribution is -0.145. The van der Waals surface area contributed by atoms with Gasteiger partial charge in [0.15, 0.2) is 0 Å².